The second-order valence-corrected chi connectivity index (χ2v) is 5.78. The van der Waals surface area contributed by atoms with Crippen LogP contribution in [0, 0.1) is 0 Å². The van der Waals surface area contributed by atoms with Crippen molar-refractivity contribution in [3.8, 4) is 11.5 Å². The molecule has 2 rings (SSSR count). The van der Waals surface area contributed by atoms with E-state index in [4.69, 9.17) is 4.74 Å². The summed E-state index contributed by atoms with van der Waals surface area (Å²) >= 11 is 0. The molecular formula is C20H17F5O4. The SMILES string of the molecule is COc1ccc(/C=C/C(=O)c2cccc(OC(F)F)c2)cc1COCC(F)(F)F. The van der Waals surface area contributed by atoms with Crippen LogP contribution in [-0.4, -0.2) is 32.3 Å². The second kappa shape index (κ2) is 10.0. The fourth-order valence-corrected chi connectivity index (χ4v) is 2.39. The second-order valence-electron chi connectivity index (χ2n) is 5.78. The van der Waals surface area contributed by atoms with E-state index in [1.807, 2.05) is 0 Å². The molecule has 2 aromatic carbocycles. The molecule has 0 unspecified atom stereocenters. The maximum absolute atomic E-state index is 12.3. The number of methoxy groups -OCH3 is 1. The third-order valence-electron chi connectivity index (χ3n) is 3.60. The first-order valence-corrected chi connectivity index (χ1v) is 8.26. The van der Waals surface area contributed by atoms with Gasteiger partial charge < -0.3 is 14.2 Å². The van der Waals surface area contributed by atoms with Crippen molar-refractivity contribution in [1.82, 2.24) is 0 Å². The Hall–Kier alpha value is -2.94. The minimum Gasteiger partial charge on any atom is -0.496 e. The largest absolute Gasteiger partial charge is 0.496 e. The molecule has 0 fully saturated rings. The Morgan fingerprint density at radius 2 is 1.90 bits per heavy atom. The summed E-state index contributed by atoms with van der Waals surface area (Å²) in [5.74, 6) is -0.268. The highest BCUT2D eigenvalue weighted by molar-refractivity contribution is 6.07. The number of alkyl halides is 5. The van der Waals surface area contributed by atoms with Gasteiger partial charge in [-0.3, -0.25) is 4.79 Å². The van der Waals surface area contributed by atoms with E-state index in [1.165, 1.54) is 55.7 Å². The topological polar surface area (TPSA) is 44.8 Å². The van der Waals surface area contributed by atoms with Crippen molar-refractivity contribution in [3.05, 3.63) is 65.2 Å². The Bertz CT molecular complexity index is 862. The fourth-order valence-electron chi connectivity index (χ4n) is 2.39. The summed E-state index contributed by atoms with van der Waals surface area (Å²) in [7, 11) is 1.37. The van der Waals surface area contributed by atoms with E-state index in [0.717, 1.165) is 0 Å². The summed E-state index contributed by atoms with van der Waals surface area (Å²) in [5.41, 5.74) is 1.03. The average molecular weight is 416 g/mol. The third-order valence-corrected chi connectivity index (χ3v) is 3.60. The molecule has 0 amide bonds. The number of benzene rings is 2. The van der Waals surface area contributed by atoms with Crippen LogP contribution in [0.4, 0.5) is 22.0 Å². The highest BCUT2D eigenvalue weighted by Gasteiger charge is 2.27. The van der Waals surface area contributed by atoms with Crippen LogP contribution in [0.2, 0.25) is 0 Å². The van der Waals surface area contributed by atoms with Crippen molar-refractivity contribution >= 4 is 11.9 Å². The Morgan fingerprint density at radius 3 is 2.55 bits per heavy atom. The van der Waals surface area contributed by atoms with E-state index < -0.39 is 25.2 Å². The molecule has 156 valence electrons. The fraction of sp³-hybridized carbons (Fsp3) is 0.250. The number of carbonyl (C=O) groups is 1. The molecule has 0 N–H and O–H groups in total. The lowest BCUT2D eigenvalue weighted by Crippen LogP contribution is -2.16. The number of halogens is 5. The molecule has 0 saturated heterocycles. The van der Waals surface area contributed by atoms with Gasteiger partial charge in [0.25, 0.3) is 0 Å². The summed E-state index contributed by atoms with van der Waals surface area (Å²) in [5, 5.41) is 0. The highest BCUT2D eigenvalue weighted by atomic mass is 19.4. The molecule has 0 aliphatic rings. The molecule has 4 nitrogen and oxygen atoms in total. The van der Waals surface area contributed by atoms with E-state index in [9.17, 15) is 26.7 Å². The van der Waals surface area contributed by atoms with Crippen LogP contribution >= 0.6 is 0 Å². The molecule has 0 radical (unpaired) electrons. The minimum atomic E-state index is -4.44. The first-order chi connectivity index (χ1) is 13.7. The number of ether oxygens (including phenoxy) is 3. The number of allylic oxidation sites excluding steroid dienone is 1. The molecule has 0 aliphatic carbocycles. The van der Waals surface area contributed by atoms with Gasteiger partial charge in [-0.2, -0.15) is 22.0 Å². The first kappa shape index (κ1) is 22.4. The summed E-state index contributed by atoms with van der Waals surface area (Å²) in [6, 6.07) is 9.99. The zero-order chi connectivity index (χ0) is 21.4. The lowest BCUT2D eigenvalue weighted by Gasteiger charge is -2.11. The summed E-state index contributed by atoms with van der Waals surface area (Å²) < 4.78 is 75.2. The third kappa shape index (κ3) is 7.53. The van der Waals surface area contributed by atoms with E-state index in [1.54, 1.807) is 6.07 Å². The van der Waals surface area contributed by atoms with Gasteiger partial charge >= 0.3 is 12.8 Å². The van der Waals surface area contributed by atoms with Gasteiger partial charge in [0.15, 0.2) is 5.78 Å². The predicted molar refractivity (Wildman–Crippen MR) is 95.1 cm³/mol. The Kier molecular flexibility index (Phi) is 7.72. The van der Waals surface area contributed by atoms with Crippen molar-refractivity contribution in [1.29, 1.82) is 0 Å². The highest BCUT2D eigenvalue weighted by Crippen LogP contribution is 2.23. The normalized spacial score (nSPS) is 11.8. The van der Waals surface area contributed by atoms with Gasteiger partial charge in [0.2, 0.25) is 0 Å². The smallest absolute Gasteiger partial charge is 0.411 e. The van der Waals surface area contributed by atoms with Gasteiger partial charge in [-0.25, -0.2) is 0 Å². The molecule has 0 atom stereocenters. The Labute approximate surface area is 163 Å². The molecule has 0 saturated carbocycles. The van der Waals surface area contributed by atoms with Crippen molar-refractivity contribution in [2.75, 3.05) is 13.7 Å². The zero-order valence-electron chi connectivity index (χ0n) is 15.2. The molecule has 0 heterocycles. The quantitative estimate of drug-likeness (QED) is 0.317. The zero-order valence-corrected chi connectivity index (χ0v) is 15.2. The van der Waals surface area contributed by atoms with Crippen LogP contribution in [0.5, 0.6) is 11.5 Å². The summed E-state index contributed by atoms with van der Waals surface area (Å²) in [6.45, 7) is -4.73. The average Bonchev–Trinajstić information content (AvgIpc) is 2.65. The van der Waals surface area contributed by atoms with E-state index in [0.29, 0.717) is 16.9 Å². The Morgan fingerprint density at radius 1 is 1.14 bits per heavy atom. The minimum absolute atomic E-state index is 0.140. The van der Waals surface area contributed by atoms with Gasteiger partial charge in [0.05, 0.1) is 13.7 Å². The van der Waals surface area contributed by atoms with Crippen LogP contribution in [0.15, 0.2) is 48.5 Å². The van der Waals surface area contributed by atoms with Gasteiger partial charge in [-0.1, -0.05) is 24.3 Å². The van der Waals surface area contributed by atoms with Gasteiger partial charge in [0.1, 0.15) is 18.1 Å². The van der Waals surface area contributed by atoms with Crippen LogP contribution in [0.3, 0.4) is 0 Å². The molecule has 0 aromatic heterocycles. The number of hydrogen-bond acceptors (Lipinski definition) is 4. The van der Waals surface area contributed by atoms with Crippen molar-refractivity contribution in [2.24, 2.45) is 0 Å². The van der Waals surface area contributed by atoms with Crippen molar-refractivity contribution in [2.45, 2.75) is 19.4 Å². The van der Waals surface area contributed by atoms with Crippen LogP contribution in [0.1, 0.15) is 21.5 Å². The van der Waals surface area contributed by atoms with E-state index in [-0.39, 0.29) is 17.9 Å². The lowest BCUT2D eigenvalue weighted by molar-refractivity contribution is -0.176. The molecule has 9 heteroatoms. The van der Waals surface area contributed by atoms with E-state index >= 15 is 0 Å². The lowest BCUT2D eigenvalue weighted by atomic mass is 10.1. The van der Waals surface area contributed by atoms with Crippen LogP contribution in [0.25, 0.3) is 6.08 Å². The standard InChI is InChI=1S/C20H17F5O4/c1-27-18-8-6-13(9-15(18)11-28-12-20(23,24)25)5-7-17(26)14-3-2-4-16(10-14)29-19(21)22/h2-10,19H,11-12H2,1H3/b7-5+. The van der Waals surface area contributed by atoms with Crippen LogP contribution in [-0.2, 0) is 11.3 Å². The Balaban J connectivity index is 2.11. The summed E-state index contributed by atoms with van der Waals surface area (Å²) in [6.07, 6.45) is -1.79. The maximum atomic E-state index is 12.3. The predicted octanol–water partition coefficient (Wildman–Crippen LogP) is 5.27. The maximum Gasteiger partial charge on any atom is 0.411 e. The first-order valence-electron chi connectivity index (χ1n) is 8.26. The number of ketones is 1. The monoisotopic (exact) mass is 416 g/mol. The molecule has 0 spiro atoms. The van der Waals surface area contributed by atoms with Crippen molar-refractivity contribution < 1.29 is 41.0 Å². The molecule has 0 bridgehead atoms. The number of hydrogen-bond donors (Lipinski definition) is 0. The van der Waals surface area contributed by atoms with Gasteiger partial charge in [0, 0.05) is 11.1 Å². The number of carbonyl (C=O) groups excluding carboxylic acids is 1. The van der Waals surface area contributed by atoms with Crippen LogP contribution < -0.4 is 9.47 Å². The number of rotatable bonds is 9. The van der Waals surface area contributed by atoms with Gasteiger partial charge in [-0.15, -0.1) is 0 Å². The molecule has 29 heavy (non-hydrogen) atoms. The molecule has 0 aliphatic heterocycles. The van der Waals surface area contributed by atoms with Crippen molar-refractivity contribution in [3.63, 3.8) is 0 Å². The summed E-state index contributed by atoms with van der Waals surface area (Å²) in [4.78, 5) is 12.2. The van der Waals surface area contributed by atoms with Gasteiger partial charge in [-0.05, 0) is 35.9 Å². The molecule has 2 aromatic rings. The van der Waals surface area contributed by atoms with E-state index in [2.05, 4.69) is 9.47 Å². The molecular weight excluding hydrogens is 399 g/mol.